The fourth-order valence-corrected chi connectivity index (χ4v) is 4.55. The van der Waals surface area contributed by atoms with E-state index >= 15 is 0 Å². The maximum absolute atomic E-state index is 14.6. The van der Waals surface area contributed by atoms with Crippen molar-refractivity contribution in [2.45, 2.75) is 102 Å². The van der Waals surface area contributed by atoms with E-state index in [1.165, 1.54) is 0 Å². The van der Waals surface area contributed by atoms with Crippen LogP contribution in [0, 0.1) is 16.7 Å². The van der Waals surface area contributed by atoms with E-state index in [2.05, 4.69) is 5.18 Å². The monoisotopic (exact) mass is 403 g/mol. The highest BCUT2D eigenvalue weighted by molar-refractivity contribution is 5.84. The third kappa shape index (κ3) is 5.13. The predicted octanol–water partition coefficient (Wildman–Crippen LogP) is 5.08. The second-order valence-corrected chi connectivity index (χ2v) is 8.17. The Morgan fingerprint density at radius 1 is 1.29 bits per heavy atom. The van der Waals surface area contributed by atoms with E-state index in [1.807, 2.05) is 0 Å². The van der Waals surface area contributed by atoms with Gasteiger partial charge in [0.05, 0.1) is 6.10 Å². The van der Waals surface area contributed by atoms with Crippen molar-refractivity contribution in [3.05, 3.63) is 4.91 Å². The fraction of sp³-hybridized carbons (Fsp3) is 0.900. The minimum Gasteiger partial charge on any atom is -0.481 e. The number of carboxylic acid groups (broad SMARTS) is 1. The van der Waals surface area contributed by atoms with Crippen molar-refractivity contribution in [1.29, 1.82) is 0 Å². The summed E-state index contributed by atoms with van der Waals surface area (Å²) in [6, 6.07) is 0. The number of carboxylic acids is 1. The van der Waals surface area contributed by atoms with Gasteiger partial charge >= 0.3 is 5.97 Å². The Morgan fingerprint density at radius 2 is 2.00 bits per heavy atom. The number of hydrogen-bond acceptors (Lipinski definition) is 5. The van der Waals surface area contributed by atoms with Gasteiger partial charge in [-0.2, -0.15) is 0 Å². The van der Waals surface area contributed by atoms with Crippen molar-refractivity contribution in [1.82, 2.24) is 0 Å². The molecule has 1 aliphatic heterocycles. The van der Waals surface area contributed by atoms with Crippen LogP contribution in [-0.2, 0) is 14.3 Å². The summed E-state index contributed by atoms with van der Waals surface area (Å²) in [6.45, 7) is 1.80. The van der Waals surface area contributed by atoms with Crippen molar-refractivity contribution in [2.24, 2.45) is 17.0 Å². The predicted molar refractivity (Wildman–Crippen MR) is 99.0 cm³/mol. The van der Waals surface area contributed by atoms with Crippen molar-refractivity contribution in [3.8, 4) is 0 Å². The Labute approximate surface area is 164 Å². The molecule has 160 valence electrons. The molecule has 4 atom stereocenters. The molecule has 1 heterocycles. The maximum Gasteiger partial charge on any atom is 0.303 e. The highest BCUT2D eigenvalue weighted by atomic mass is 19.3. The highest BCUT2D eigenvalue weighted by Gasteiger charge is 2.62. The summed E-state index contributed by atoms with van der Waals surface area (Å²) in [5, 5.41) is 11.4. The molecule has 2 rings (SSSR count). The first-order valence-corrected chi connectivity index (χ1v) is 10.4. The van der Waals surface area contributed by atoms with Crippen LogP contribution >= 0.6 is 0 Å². The van der Waals surface area contributed by atoms with Gasteiger partial charge in [-0.25, -0.2) is 8.78 Å². The Kier molecular flexibility index (Phi) is 8.04. The van der Waals surface area contributed by atoms with Gasteiger partial charge in [0.25, 0.3) is 11.6 Å². The van der Waals surface area contributed by atoms with Crippen molar-refractivity contribution in [2.75, 3.05) is 0 Å². The molecule has 6 nitrogen and oxygen atoms in total. The lowest BCUT2D eigenvalue weighted by molar-refractivity contribution is -0.257. The molecule has 1 saturated carbocycles. The number of carbonyl (C=O) groups excluding carboxylic acids is 1. The molecule has 1 saturated heterocycles. The molecule has 28 heavy (non-hydrogen) atoms. The van der Waals surface area contributed by atoms with Crippen molar-refractivity contribution in [3.63, 3.8) is 0 Å². The van der Waals surface area contributed by atoms with Gasteiger partial charge in [-0.15, -0.1) is 4.91 Å². The zero-order chi connectivity index (χ0) is 20.8. The summed E-state index contributed by atoms with van der Waals surface area (Å²) >= 11 is 0. The number of ether oxygens (including phenoxy) is 1. The third-order valence-electron chi connectivity index (χ3n) is 6.19. The summed E-state index contributed by atoms with van der Waals surface area (Å²) in [4.78, 5) is 34.3. The summed E-state index contributed by atoms with van der Waals surface area (Å²) in [6.07, 6.45) is 3.85. The number of halogens is 2. The molecule has 1 N–H and O–H groups in total. The number of rotatable bonds is 12. The fourth-order valence-electron chi connectivity index (χ4n) is 4.55. The molecule has 4 unspecified atom stereocenters. The lowest BCUT2D eigenvalue weighted by atomic mass is 9.80. The molecule has 0 radical (unpaired) electrons. The van der Waals surface area contributed by atoms with Crippen LogP contribution in [0.2, 0.25) is 0 Å². The molecule has 2 fully saturated rings. The standard InChI is InChI=1S/C20H31F2NO5/c1-2-3-11-19(21,22)20(23-27)12-10-15-14(16(24)13-17(15)28-20)8-6-4-5-7-9-18(25)26/h14-15,17H,2-13H2,1H3,(H,25,26). The number of ketones is 1. The van der Waals surface area contributed by atoms with Crippen LogP contribution in [0.4, 0.5) is 8.78 Å². The van der Waals surface area contributed by atoms with Gasteiger partial charge in [0.15, 0.2) is 0 Å². The Balaban J connectivity index is 1.90. The molecule has 0 amide bonds. The zero-order valence-electron chi connectivity index (χ0n) is 16.5. The number of nitroso groups, excluding NO2 is 1. The van der Waals surface area contributed by atoms with E-state index in [0.717, 1.165) is 19.3 Å². The van der Waals surface area contributed by atoms with Gasteiger partial charge in [-0.3, -0.25) is 9.59 Å². The average Bonchev–Trinajstić information content (AvgIpc) is 2.96. The van der Waals surface area contributed by atoms with Crippen LogP contribution in [-0.4, -0.2) is 34.6 Å². The number of unbranched alkanes of at least 4 members (excludes halogenated alkanes) is 4. The number of Topliss-reactive ketones (excluding diaryl/α,β-unsaturated/α-hetero) is 1. The smallest absolute Gasteiger partial charge is 0.303 e. The van der Waals surface area contributed by atoms with Gasteiger partial charge in [0, 0.05) is 31.6 Å². The largest absolute Gasteiger partial charge is 0.481 e. The van der Waals surface area contributed by atoms with Crippen LogP contribution in [0.3, 0.4) is 0 Å². The van der Waals surface area contributed by atoms with E-state index in [1.54, 1.807) is 6.92 Å². The van der Waals surface area contributed by atoms with Crippen molar-refractivity contribution >= 4 is 11.8 Å². The summed E-state index contributed by atoms with van der Waals surface area (Å²) in [7, 11) is 0. The topological polar surface area (TPSA) is 93.0 Å². The molecule has 1 aliphatic carbocycles. The average molecular weight is 403 g/mol. The van der Waals surface area contributed by atoms with Crippen LogP contribution in [0.25, 0.3) is 0 Å². The first-order chi connectivity index (χ1) is 13.3. The number of hydrogen-bond donors (Lipinski definition) is 1. The summed E-state index contributed by atoms with van der Waals surface area (Å²) in [5.41, 5.74) is -2.35. The van der Waals surface area contributed by atoms with Crippen molar-refractivity contribution < 1.29 is 28.2 Å². The van der Waals surface area contributed by atoms with E-state index in [0.29, 0.717) is 25.7 Å². The second-order valence-electron chi connectivity index (χ2n) is 8.17. The molecule has 0 aromatic carbocycles. The van der Waals surface area contributed by atoms with E-state index in [4.69, 9.17) is 9.84 Å². The lowest BCUT2D eigenvalue weighted by Crippen LogP contribution is -2.54. The molecule has 2 aliphatic rings. The van der Waals surface area contributed by atoms with Crippen LogP contribution in [0.5, 0.6) is 0 Å². The molecule has 0 spiro atoms. The zero-order valence-corrected chi connectivity index (χ0v) is 16.5. The van der Waals surface area contributed by atoms with Gasteiger partial charge in [0.2, 0.25) is 0 Å². The van der Waals surface area contributed by atoms with Gasteiger partial charge in [-0.05, 0) is 36.8 Å². The molecule has 8 heteroatoms. The van der Waals surface area contributed by atoms with Crippen LogP contribution < -0.4 is 0 Å². The first kappa shape index (κ1) is 22.8. The van der Waals surface area contributed by atoms with Gasteiger partial charge < -0.3 is 9.84 Å². The SMILES string of the molecule is CCCCC(F)(F)C1(N=O)CCC2C(CC(=O)C2CCCCCCC(=O)O)O1. The van der Waals surface area contributed by atoms with E-state index in [9.17, 15) is 23.3 Å². The molecular formula is C20H31F2NO5. The normalized spacial score (nSPS) is 30.2. The molecule has 0 bridgehead atoms. The molecule has 0 aromatic rings. The second kappa shape index (κ2) is 9.85. The first-order valence-electron chi connectivity index (χ1n) is 10.4. The van der Waals surface area contributed by atoms with Gasteiger partial charge in [-0.1, -0.05) is 32.6 Å². The Bertz CT molecular complexity index is 571. The molecular weight excluding hydrogens is 372 g/mol. The van der Waals surface area contributed by atoms with E-state index in [-0.39, 0.29) is 43.3 Å². The lowest BCUT2D eigenvalue weighted by Gasteiger charge is -2.42. The summed E-state index contributed by atoms with van der Waals surface area (Å²) in [5.74, 6) is -4.49. The number of nitrogens with zero attached hydrogens (tertiary/aromatic N) is 1. The maximum atomic E-state index is 14.6. The quantitative estimate of drug-likeness (QED) is 0.362. The van der Waals surface area contributed by atoms with Crippen LogP contribution in [0.15, 0.2) is 5.18 Å². The third-order valence-corrected chi connectivity index (χ3v) is 6.19. The number of fused-ring (bicyclic) bond motifs is 1. The highest BCUT2D eigenvalue weighted by Crippen LogP contribution is 2.51. The van der Waals surface area contributed by atoms with Gasteiger partial charge in [0.1, 0.15) is 5.78 Å². The number of carbonyl (C=O) groups is 2. The number of alkyl halides is 2. The molecule has 0 aromatic heterocycles. The Hall–Kier alpha value is -1.44. The minimum absolute atomic E-state index is 0.0131. The van der Waals surface area contributed by atoms with Crippen LogP contribution in [0.1, 0.15) is 84.0 Å². The summed E-state index contributed by atoms with van der Waals surface area (Å²) < 4.78 is 34.8. The minimum atomic E-state index is -3.33. The Morgan fingerprint density at radius 3 is 2.64 bits per heavy atom. The number of aliphatic carboxylic acids is 1. The van der Waals surface area contributed by atoms with E-state index < -0.39 is 30.1 Å².